The van der Waals surface area contributed by atoms with Crippen LogP contribution in [0.5, 0.6) is 0 Å². The average molecular weight is 369 g/mol. The molecule has 1 aliphatic rings. The fraction of sp³-hybridized carbons (Fsp3) is 0.105. The van der Waals surface area contributed by atoms with Crippen LogP contribution >= 0.6 is 24.0 Å². The maximum atomic E-state index is 12.7. The number of benzene rings is 2. The largest absolute Gasteiger partial charge is 0.481 e. The molecule has 0 bridgehead atoms. The number of thiocarbonyl (C=S) groups is 1. The van der Waals surface area contributed by atoms with Crippen molar-refractivity contribution in [3.8, 4) is 0 Å². The van der Waals surface area contributed by atoms with Crippen molar-refractivity contribution < 1.29 is 14.7 Å². The van der Waals surface area contributed by atoms with Gasteiger partial charge in [-0.05, 0) is 41.8 Å². The number of thioether (sulfide) groups is 1. The van der Waals surface area contributed by atoms with Gasteiger partial charge in [0.2, 0.25) is 0 Å². The summed E-state index contributed by atoms with van der Waals surface area (Å²) in [5.41, 5.74) is 3.40. The van der Waals surface area contributed by atoms with E-state index in [0.29, 0.717) is 20.5 Å². The van der Waals surface area contributed by atoms with E-state index in [4.69, 9.17) is 17.3 Å². The Balaban J connectivity index is 1.87. The van der Waals surface area contributed by atoms with Gasteiger partial charge in [0.25, 0.3) is 5.91 Å². The lowest BCUT2D eigenvalue weighted by Crippen LogP contribution is -2.27. The normalized spacial score (nSPS) is 15.9. The lowest BCUT2D eigenvalue weighted by atomic mass is 10.1. The molecule has 1 saturated heterocycles. The fourth-order valence-electron chi connectivity index (χ4n) is 2.52. The van der Waals surface area contributed by atoms with Crippen molar-refractivity contribution in [3.05, 3.63) is 70.1 Å². The molecule has 1 fully saturated rings. The molecular weight excluding hydrogens is 354 g/mol. The van der Waals surface area contributed by atoms with Crippen molar-refractivity contribution in [1.82, 2.24) is 0 Å². The number of amides is 1. The molecule has 25 heavy (non-hydrogen) atoms. The molecule has 4 nitrogen and oxygen atoms in total. The summed E-state index contributed by atoms with van der Waals surface area (Å²) in [6, 6.07) is 14.7. The van der Waals surface area contributed by atoms with Gasteiger partial charge >= 0.3 is 5.97 Å². The van der Waals surface area contributed by atoms with Crippen LogP contribution in [0.15, 0.2) is 53.4 Å². The van der Waals surface area contributed by atoms with Crippen molar-refractivity contribution in [2.45, 2.75) is 13.3 Å². The van der Waals surface area contributed by atoms with Gasteiger partial charge in [0.05, 0.1) is 17.0 Å². The van der Waals surface area contributed by atoms with E-state index in [2.05, 4.69) is 0 Å². The zero-order valence-corrected chi connectivity index (χ0v) is 15.1. The molecule has 1 amide bonds. The zero-order valence-electron chi connectivity index (χ0n) is 13.4. The molecule has 0 aromatic heterocycles. The van der Waals surface area contributed by atoms with Gasteiger partial charge in [-0.3, -0.25) is 14.5 Å². The number of carboxylic acids is 1. The molecule has 2 aromatic carbocycles. The summed E-state index contributed by atoms with van der Waals surface area (Å²) in [6.07, 6.45) is 1.80. The minimum Gasteiger partial charge on any atom is -0.481 e. The molecule has 0 saturated carbocycles. The first kappa shape index (κ1) is 17.4. The third kappa shape index (κ3) is 3.81. The van der Waals surface area contributed by atoms with E-state index in [-0.39, 0.29) is 12.3 Å². The number of nitrogens with zero attached hydrogens (tertiary/aromatic N) is 1. The lowest BCUT2D eigenvalue weighted by molar-refractivity contribution is -0.136. The van der Waals surface area contributed by atoms with E-state index in [1.807, 2.05) is 37.3 Å². The van der Waals surface area contributed by atoms with Gasteiger partial charge in [-0.15, -0.1) is 0 Å². The van der Waals surface area contributed by atoms with Crippen LogP contribution in [0.4, 0.5) is 5.69 Å². The number of aliphatic carboxylic acids is 1. The number of aryl methyl sites for hydroxylation is 1. The number of rotatable bonds is 4. The Morgan fingerprint density at radius 1 is 1.20 bits per heavy atom. The Kier molecular flexibility index (Phi) is 5.01. The maximum Gasteiger partial charge on any atom is 0.307 e. The van der Waals surface area contributed by atoms with Gasteiger partial charge in [-0.25, -0.2) is 0 Å². The van der Waals surface area contributed by atoms with Crippen molar-refractivity contribution in [1.29, 1.82) is 0 Å². The highest BCUT2D eigenvalue weighted by Crippen LogP contribution is 2.36. The third-order valence-corrected chi connectivity index (χ3v) is 5.12. The molecule has 1 aliphatic heterocycles. The second kappa shape index (κ2) is 7.21. The summed E-state index contributed by atoms with van der Waals surface area (Å²) >= 11 is 6.63. The van der Waals surface area contributed by atoms with Gasteiger partial charge in [0.1, 0.15) is 0 Å². The van der Waals surface area contributed by atoms with Gasteiger partial charge in [0, 0.05) is 0 Å². The van der Waals surface area contributed by atoms with Crippen molar-refractivity contribution in [3.63, 3.8) is 0 Å². The maximum absolute atomic E-state index is 12.7. The highest BCUT2D eigenvalue weighted by Gasteiger charge is 2.33. The molecular formula is C19H15NO3S2. The van der Waals surface area contributed by atoms with E-state index in [1.165, 1.54) is 16.7 Å². The molecule has 0 aliphatic carbocycles. The zero-order chi connectivity index (χ0) is 18.0. The van der Waals surface area contributed by atoms with Crippen molar-refractivity contribution >= 4 is 51.9 Å². The van der Waals surface area contributed by atoms with Crippen molar-refractivity contribution in [2.24, 2.45) is 0 Å². The van der Waals surface area contributed by atoms with Gasteiger partial charge in [-0.1, -0.05) is 60.4 Å². The monoisotopic (exact) mass is 369 g/mol. The van der Waals surface area contributed by atoms with Crippen LogP contribution in [0.1, 0.15) is 16.7 Å². The predicted molar refractivity (Wildman–Crippen MR) is 105 cm³/mol. The minimum absolute atomic E-state index is 0.0497. The van der Waals surface area contributed by atoms with Crippen LogP contribution in [-0.4, -0.2) is 21.3 Å². The first-order valence-corrected chi connectivity index (χ1v) is 8.82. The molecule has 0 atom stereocenters. The Morgan fingerprint density at radius 2 is 1.88 bits per heavy atom. The summed E-state index contributed by atoms with van der Waals surface area (Å²) in [4.78, 5) is 25.6. The van der Waals surface area contributed by atoms with Crippen LogP contribution in [-0.2, 0) is 16.0 Å². The van der Waals surface area contributed by atoms with E-state index in [9.17, 15) is 9.59 Å². The summed E-state index contributed by atoms with van der Waals surface area (Å²) in [6.45, 7) is 1.99. The lowest BCUT2D eigenvalue weighted by Gasteiger charge is -2.14. The van der Waals surface area contributed by atoms with Crippen LogP contribution in [0.3, 0.4) is 0 Å². The molecule has 6 heteroatoms. The first-order chi connectivity index (χ1) is 12.0. The molecule has 0 radical (unpaired) electrons. The summed E-state index contributed by atoms with van der Waals surface area (Å²) in [5, 5.41) is 8.83. The number of carbonyl (C=O) groups excluding carboxylic acids is 1. The Morgan fingerprint density at radius 3 is 2.52 bits per heavy atom. The van der Waals surface area contributed by atoms with E-state index in [0.717, 1.165) is 11.1 Å². The van der Waals surface area contributed by atoms with E-state index in [1.54, 1.807) is 24.3 Å². The van der Waals surface area contributed by atoms with E-state index >= 15 is 0 Å². The number of carbonyl (C=O) groups is 2. The highest BCUT2D eigenvalue weighted by molar-refractivity contribution is 8.27. The first-order valence-electron chi connectivity index (χ1n) is 7.60. The summed E-state index contributed by atoms with van der Waals surface area (Å²) in [5.74, 6) is -1.05. The van der Waals surface area contributed by atoms with Crippen LogP contribution in [0.2, 0.25) is 0 Å². The molecule has 1 heterocycles. The average Bonchev–Trinajstić information content (AvgIpc) is 2.84. The smallest absolute Gasteiger partial charge is 0.307 e. The van der Waals surface area contributed by atoms with Gasteiger partial charge in [0.15, 0.2) is 4.32 Å². The Labute approximate surface area is 155 Å². The molecule has 126 valence electrons. The second-order valence-corrected chi connectivity index (χ2v) is 7.29. The van der Waals surface area contributed by atoms with Crippen LogP contribution in [0.25, 0.3) is 6.08 Å². The van der Waals surface area contributed by atoms with Crippen molar-refractivity contribution in [2.75, 3.05) is 4.90 Å². The Hall–Kier alpha value is -2.44. The minimum atomic E-state index is -0.889. The molecule has 0 spiro atoms. The SMILES string of the molecule is Cc1ccccc1/C=C1\SC(=S)N(c2ccc(CC(=O)O)cc2)C1=O. The topological polar surface area (TPSA) is 57.6 Å². The standard InChI is InChI=1S/C19H15NO3S2/c1-12-4-2-3-5-14(12)11-16-18(23)20(19(24)25-16)15-8-6-13(7-9-15)10-17(21)22/h2-9,11H,10H2,1H3,(H,21,22)/b16-11-. The van der Waals surface area contributed by atoms with Crippen LogP contribution in [0, 0.1) is 6.92 Å². The summed E-state index contributed by atoms with van der Waals surface area (Å²) in [7, 11) is 0. The van der Waals surface area contributed by atoms with Crippen LogP contribution < -0.4 is 4.90 Å². The molecule has 1 N–H and O–H groups in total. The molecule has 2 aromatic rings. The molecule has 0 unspecified atom stereocenters. The van der Waals surface area contributed by atoms with Gasteiger partial charge < -0.3 is 5.11 Å². The number of hydrogen-bond acceptors (Lipinski definition) is 4. The summed E-state index contributed by atoms with van der Waals surface area (Å²) < 4.78 is 0.468. The van der Waals surface area contributed by atoms with E-state index < -0.39 is 5.97 Å². The van der Waals surface area contributed by atoms with Gasteiger partial charge in [-0.2, -0.15) is 0 Å². The second-order valence-electron chi connectivity index (χ2n) is 5.61. The molecule has 3 rings (SSSR count). The quantitative estimate of drug-likeness (QED) is 0.651. The number of carboxylic acid groups (broad SMARTS) is 1. The number of hydrogen-bond donors (Lipinski definition) is 1. The third-order valence-electron chi connectivity index (χ3n) is 3.82. The fourth-order valence-corrected chi connectivity index (χ4v) is 3.81. The predicted octanol–water partition coefficient (Wildman–Crippen LogP) is 4.03. The highest BCUT2D eigenvalue weighted by atomic mass is 32.2. The number of anilines is 1. The Bertz CT molecular complexity index is 888.